The molecule has 0 radical (unpaired) electrons. The van der Waals surface area contributed by atoms with Crippen LogP contribution in [0.3, 0.4) is 0 Å². The van der Waals surface area contributed by atoms with E-state index in [1.54, 1.807) is 0 Å². The van der Waals surface area contributed by atoms with Gasteiger partial charge in [-0.2, -0.15) is 0 Å². The molecule has 1 aliphatic heterocycles. The van der Waals surface area contributed by atoms with Crippen molar-refractivity contribution >= 4 is 0 Å². The van der Waals surface area contributed by atoms with Gasteiger partial charge in [0, 0.05) is 19.2 Å². The molecule has 0 amide bonds. The van der Waals surface area contributed by atoms with Crippen molar-refractivity contribution in [2.75, 3.05) is 32.8 Å². The van der Waals surface area contributed by atoms with E-state index in [0.717, 1.165) is 19.1 Å². The van der Waals surface area contributed by atoms with Crippen LogP contribution in [0.2, 0.25) is 0 Å². The summed E-state index contributed by atoms with van der Waals surface area (Å²) >= 11 is 0. The first-order valence-electron chi connectivity index (χ1n) is 7.24. The Balaban J connectivity index is 2.17. The average Bonchev–Trinajstić information content (AvgIpc) is 2.36. The minimum absolute atomic E-state index is 0.332. The molecule has 3 heteroatoms. The van der Waals surface area contributed by atoms with E-state index >= 15 is 0 Å². The molecule has 0 bridgehead atoms. The third kappa shape index (κ3) is 5.36. The summed E-state index contributed by atoms with van der Waals surface area (Å²) in [7, 11) is 0. The van der Waals surface area contributed by atoms with E-state index in [1.807, 2.05) is 0 Å². The van der Waals surface area contributed by atoms with Crippen molar-refractivity contribution in [2.24, 2.45) is 5.92 Å². The summed E-state index contributed by atoms with van der Waals surface area (Å²) in [4.78, 5) is 2.55. The molecule has 2 atom stereocenters. The van der Waals surface area contributed by atoms with Crippen LogP contribution in [0.5, 0.6) is 0 Å². The van der Waals surface area contributed by atoms with E-state index in [1.165, 1.54) is 32.5 Å². The van der Waals surface area contributed by atoms with Crippen LogP contribution in [0.15, 0.2) is 0 Å². The second kappa shape index (κ2) is 8.06. The smallest absolute Gasteiger partial charge is 0.0671 e. The standard InChI is InChI=1S/C14H30N2O/c1-5-16-9-7-14(8-10-16)13(4)15-11-12(3)17-6-2/h12-15H,5-11H2,1-4H3. The van der Waals surface area contributed by atoms with Crippen molar-refractivity contribution in [2.45, 2.75) is 52.7 Å². The zero-order chi connectivity index (χ0) is 12.7. The monoisotopic (exact) mass is 242 g/mol. The molecule has 0 saturated carbocycles. The Morgan fingerprint density at radius 3 is 2.41 bits per heavy atom. The number of nitrogens with zero attached hydrogens (tertiary/aromatic N) is 1. The number of piperidine rings is 1. The quantitative estimate of drug-likeness (QED) is 0.740. The molecule has 1 saturated heterocycles. The second-order valence-corrected chi connectivity index (χ2v) is 5.23. The van der Waals surface area contributed by atoms with Crippen LogP contribution in [0.4, 0.5) is 0 Å². The van der Waals surface area contributed by atoms with Crippen LogP contribution < -0.4 is 5.32 Å². The third-order valence-corrected chi connectivity index (χ3v) is 3.97. The summed E-state index contributed by atoms with van der Waals surface area (Å²) in [5, 5.41) is 3.63. The zero-order valence-corrected chi connectivity index (χ0v) is 12.0. The molecule has 1 N–H and O–H groups in total. The second-order valence-electron chi connectivity index (χ2n) is 5.23. The average molecular weight is 242 g/mol. The highest BCUT2D eigenvalue weighted by Crippen LogP contribution is 2.20. The fourth-order valence-corrected chi connectivity index (χ4v) is 2.63. The van der Waals surface area contributed by atoms with E-state index in [4.69, 9.17) is 4.74 Å². The largest absolute Gasteiger partial charge is 0.377 e. The van der Waals surface area contributed by atoms with E-state index in [0.29, 0.717) is 12.1 Å². The van der Waals surface area contributed by atoms with Crippen molar-refractivity contribution in [3.63, 3.8) is 0 Å². The maximum atomic E-state index is 5.54. The van der Waals surface area contributed by atoms with E-state index in [9.17, 15) is 0 Å². The Bertz CT molecular complexity index is 191. The normalized spacial score (nSPS) is 22.6. The fraction of sp³-hybridized carbons (Fsp3) is 1.00. The Morgan fingerprint density at radius 1 is 1.24 bits per heavy atom. The van der Waals surface area contributed by atoms with Gasteiger partial charge in [0.25, 0.3) is 0 Å². The Kier molecular flexibility index (Phi) is 7.09. The van der Waals surface area contributed by atoms with Gasteiger partial charge in [-0.15, -0.1) is 0 Å². The van der Waals surface area contributed by atoms with Crippen LogP contribution >= 0.6 is 0 Å². The van der Waals surface area contributed by atoms with Crippen LogP contribution in [0.1, 0.15) is 40.5 Å². The molecule has 3 nitrogen and oxygen atoms in total. The van der Waals surface area contributed by atoms with Gasteiger partial charge in [0.15, 0.2) is 0 Å². The highest BCUT2D eigenvalue weighted by molar-refractivity contribution is 4.79. The van der Waals surface area contributed by atoms with E-state index < -0.39 is 0 Å². The van der Waals surface area contributed by atoms with Crippen LogP contribution in [-0.2, 0) is 4.74 Å². The summed E-state index contributed by atoms with van der Waals surface area (Å²) < 4.78 is 5.54. The number of hydrogen-bond donors (Lipinski definition) is 1. The Labute approximate surface area is 107 Å². The molecule has 2 unspecified atom stereocenters. The molecule has 102 valence electrons. The number of rotatable bonds is 7. The summed E-state index contributed by atoms with van der Waals surface area (Å²) in [5.74, 6) is 0.839. The van der Waals surface area contributed by atoms with Crippen molar-refractivity contribution in [3.8, 4) is 0 Å². The van der Waals surface area contributed by atoms with Crippen molar-refractivity contribution in [1.29, 1.82) is 0 Å². The lowest BCUT2D eigenvalue weighted by Crippen LogP contribution is -2.43. The van der Waals surface area contributed by atoms with Gasteiger partial charge in [-0.1, -0.05) is 6.92 Å². The van der Waals surface area contributed by atoms with E-state index in [-0.39, 0.29) is 0 Å². The van der Waals surface area contributed by atoms with Crippen molar-refractivity contribution in [1.82, 2.24) is 10.2 Å². The molecule has 1 fully saturated rings. The first kappa shape index (κ1) is 14.9. The predicted molar refractivity (Wildman–Crippen MR) is 73.4 cm³/mol. The van der Waals surface area contributed by atoms with Gasteiger partial charge >= 0.3 is 0 Å². The third-order valence-electron chi connectivity index (χ3n) is 3.97. The minimum Gasteiger partial charge on any atom is -0.377 e. The first-order chi connectivity index (χ1) is 8.17. The maximum Gasteiger partial charge on any atom is 0.0671 e. The lowest BCUT2D eigenvalue weighted by atomic mass is 9.90. The number of likely N-dealkylation sites (tertiary alicyclic amines) is 1. The topological polar surface area (TPSA) is 24.5 Å². The van der Waals surface area contributed by atoms with Crippen LogP contribution in [-0.4, -0.2) is 49.8 Å². The predicted octanol–water partition coefficient (Wildman–Crippen LogP) is 2.12. The maximum absolute atomic E-state index is 5.54. The van der Waals surface area contributed by atoms with Crippen LogP contribution in [0, 0.1) is 5.92 Å². The molecule has 0 aromatic rings. The lowest BCUT2D eigenvalue weighted by molar-refractivity contribution is 0.0703. The van der Waals surface area contributed by atoms with Crippen molar-refractivity contribution in [3.05, 3.63) is 0 Å². The number of nitrogens with one attached hydrogen (secondary N) is 1. The first-order valence-corrected chi connectivity index (χ1v) is 7.24. The number of hydrogen-bond acceptors (Lipinski definition) is 3. The molecule has 0 aromatic carbocycles. The van der Waals surface area contributed by atoms with Crippen molar-refractivity contribution < 1.29 is 4.74 Å². The van der Waals surface area contributed by atoms with Gasteiger partial charge in [0.1, 0.15) is 0 Å². The van der Waals surface area contributed by atoms with Gasteiger partial charge in [0.05, 0.1) is 6.10 Å². The summed E-state index contributed by atoms with van der Waals surface area (Å²) in [5.41, 5.74) is 0. The van der Waals surface area contributed by atoms with Gasteiger partial charge < -0.3 is 15.0 Å². The summed E-state index contributed by atoms with van der Waals surface area (Å²) in [6.45, 7) is 14.3. The Hall–Kier alpha value is -0.120. The Morgan fingerprint density at radius 2 is 1.88 bits per heavy atom. The van der Waals surface area contributed by atoms with Gasteiger partial charge in [-0.3, -0.25) is 0 Å². The molecular formula is C14H30N2O. The SMILES string of the molecule is CCOC(C)CNC(C)C1CCN(CC)CC1. The van der Waals surface area contributed by atoms with Gasteiger partial charge in [0.2, 0.25) is 0 Å². The molecule has 17 heavy (non-hydrogen) atoms. The minimum atomic E-state index is 0.332. The van der Waals surface area contributed by atoms with Crippen LogP contribution in [0.25, 0.3) is 0 Å². The number of ether oxygens (including phenoxy) is 1. The van der Waals surface area contributed by atoms with Gasteiger partial charge in [-0.25, -0.2) is 0 Å². The van der Waals surface area contributed by atoms with E-state index in [2.05, 4.69) is 37.9 Å². The molecule has 0 aliphatic carbocycles. The lowest BCUT2D eigenvalue weighted by Gasteiger charge is -2.35. The molecule has 0 aromatic heterocycles. The molecule has 1 aliphatic rings. The summed E-state index contributed by atoms with van der Waals surface area (Å²) in [6.07, 6.45) is 3.01. The molecule has 0 spiro atoms. The summed E-state index contributed by atoms with van der Waals surface area (Å²) in [6, 6.07) is 0.622. The highest BCUT2D eigenvalue weighted by atomic mass is 16.5. The fourth-order valence-electron chi connectivity index (χ4n) is 2.63. The molecular weight excluding hydrogens is 212 g/mol. The molecule has 1 heterocycles. The molecule has 1 rings (SSSR count). The van der Waals surface area contributed by atoms with Gasteiger partial charge in [-0.05, 0) is 59.2 Å². The zero-order valence-electron chi connectivity index (χ0n) is 12.0. The highest BCUT2D eigenvalue weighted by Gasteiger charge is 2.22.